The summed E-state index contributed by atoms with van der Waals surface area (Å²) >= 11 is 11.9. The molecule has 0 aliphatic carbocycles. The molecule has 0 aliphatic rings. The lowest BCUT2D eigenvalue weighted by atomic mass is 10.3. The maximum absolute atomic E-state index is 5.97. The number of aromatic amines is 1. The molecule has 0 unspecified atom stereocenters. The summed E-state index contributed by atoms with van der Waals surface area (Å²) in [5, 5.41) is 17.1. The van der Waals surface area contributed by atoms with Crippen LogP contribution < -0.4 is 16.0 Å². The number of hydrogen-bond acceptors (Lipinski definition) is 6. The Hall–Kier alpha value is -2.51. The number of hydrogen-bond donors (Lipinski definition) is 4. The van der Waals surface area contributed by atoms with Crippen molar-refractivity contribution in [1.82, 2.24) is 20.2 Å². The summed E-state index contributed by atoms with van der Waals surface area (Å²) in [7, 11) is 1.83. The number of benzene rings is 1. The van der Waals surface area contributed by atoms with Gasteiger partial charge in [0.2, 0.25) is 11.9 Å². The largest absolute Gasteiger partial charge is 0.373 e. The van der Waals surface area contributed by atoms with E-state index in [9.17, 15) is 0 Å². The van der Waals surface area contributed by atoms with E-state index in [4.69, 9.17) is 23.2 Å². The van der Waals surface area contributed by atoms with E-state index in [1.165, 1.54) is 0 Å². The van der Waals surface area contributed by atoms with Gasteiger partial charge in [0, 0.05) is 35.5 Å². The number of H-pyrrole nitrogens is 1. The fourth-order valence-corrected chi connectivity index (χ4v) is 2.54. The molecule has 9 heteroatoms. The van der Waals surface area contributed by atoms with Gasteiger partial charge in [-0.25, -0.2) is 10.1 Å². The third kappa shape index (κ3) is 4.27. The molecule has 0 spiro atoms. The van der Waals surface area contributed by atoms with Gasteiger partial charge in [-0.2, -0.15) is 4.98 Å². The van der Waals surface area contributed by atoms with Gasteiger partial charge in [0.1, 0.15) is 5.82 Å². The molecular formula is C15H15Cl2N7. The molecule has 0 radical (unpaired) electrons. The lowest BCUT2D eigenvalue weighted by Gasteiger charge is -2.04. The van der Waals surface area contributed by atoms with Crippen molar-refractivity contribution in [2.24, 2.45) is 0 Å². The lowest BCUT2D eigenvalue weighted by molar-refractivity contribution is 1.04. The number of halogens is 2. The molecule has 1 aromatic carbocycles. The molecule has 0 fully saturated rings. The maximum atomic E-state index is 5.97. The van der Waals surface area contributed by atoms with Gasteiger partial charge in [-0.05, 0) is 29.8 Å². The van der Waals surface area contributed by atoms with Crippen LogP contribution >= 0.6 is 23.2 Å². The van der Waals surface area contributed by atoms with Gasteiger partial charge < -0.3 is 16.0 Å². The highest BCUT2D eigenvalue weighted by Gasteiger charge is 2.05. The second-order valence-corrected chi connectivity index (χ2v) is 5.82. The van der Waals surface area contributed by atoms with Gasteiger partial charge >= 0.3 is 0 Å². The van der Waals surface area contributed by atoms with Gasteiger partial charge in [0.25, 0.3) is 0 Å². The van der Waals surface area contributed by atoms with E-state index in [1.807, 2.05) is 19.2 Å². The second-order valence-electron chi connectivity index (χ2n) is 4.95. The van der Waals surface area contributed by atoms with Gasteiger partial charge in [-0.15, -0.1) is 5.10 Å². The summed E-state index contributed by atoms with van der Waals surface area (Å²) in [4.78, 5) is 8.56. The number of anilines is 4. The Morgan fingerprint density at radius 3 is 2.58 bits per heavy atom. The van der Waals surface area contributed by atoms with Crippen LogP contribution in [0.3, 0.4) is 0 Å². The molecule has 4 N–H and O–H groups in total. The van der Waals surface area contributed by atoms with E-state index in [-0.39, 0.29) is 0 Å². The molecule has 124 valence electrons. The maximum Gasteiger partial charge on any atom is 0.243 e. The Balaban J connectivity index is 1.60. The summed E-state index contributed by atoms with van der Waals surface area (Å²) in [6.45, 7) is 0.567. The van der Waals surface area contributed by atoms with E-state index in [0.717, 1.165) is 17.1 Å². The van der Waals surface area contributed by atoms with Crippen LogP contribution in [0.1, 0.15) is 5.56 Å². The van der Waals surface area contributed by atoms with Crippen LogP contribution in [0.2, 0.25) is 10.0 Å². The molecule has 0 saturated heterocycles. The summed E-state index contributed by atoms with van der Waals surface area (Å²) in [5.74, 6) is 1.78. The average molecular weight is 364 g/mol. The predicted octanol–water partition coefficient (Wildman–Crippen LogP) is 3.90. The smallest absolute Gasteiger partial charge is 0.243 e. The van der Waals surface area contributed by atoms with Gasteiger partial charge in [0.05, 0.1) is 0 Å². The quantitative estimate of drug-likeness (QED) is 0.530. The van der Waals surface area contributed by atoms with E-state index in [2.05, 4.69) is 36.1 Å². The molecule has 3 rings (SSSR count). The molecule has 0 bridgehead atoms. The van der Waals surface area contributed by atoms with Crippen LogP contribution in [0, 0.1) is 0 Å². The molecule has 3 aromatic rings. The first-order chi connectivity index (χ1) is 11.6. The first-order valence-corrected chi connectivity index (χ1v) is 7.90. The summed E-state index contributed by atoms with van der Waals surface area (Å²) < 4.78 is 0. The topological polar surface area (TPSA) is 90.5 Å². The van der Waals surface area contributed by atoms with Gasteiger partial charge in [0.15, 0.2) is 0 Å². The summed E-state index contributed by atoms with van der Waals surface area (Å²) in [6.07, 6.45) is 1.79. The molecule has 0 atom stereocenters. The van der Waals surface area contributed by atoms with Crippen LogP contribution in [0.25, 0.3) is 0 Å². The first kappa shape index (κ1) is 16.4. The zero-order chi connectivity index (χ0) is 16.9. The normalized spacial score (nSPS) is 10.5. The van der Waals surface area contributed by atoms with Gasteiger partial charge in [-0.3, -0.25) is 0 Å². The number of nitrogens with zero attached hydrogens (tertiary/aromatic N) is 3. The molecular weight excluding hydrogens is 349 g/mol. The first-order valence-electron chi connectivity index (χ1n) is 7.14. The Labute approximate surface area is 148 Å². The zero-order valence-electron chi connectivity index (χ0n) is 12.8. The zero-order valence-corrected chi connectivity index (χ0v) is 14.3. The van der Waals surface area contributed by atoms with Crippen molar-refractivity contribution in [1.29, 1.82) is 0 Å². The number of nitrogens with one attached hydrogen (secondary N) is 4. The summed E-state index contributed by atoms with van der Waals surface area (Å²) in [5.41, 5.74) is 1.75. The van der Waals surface area contributed by atoms with Crippen molar-refractivity contribution < 1.29 is 0 Å². The standard InChI is InChI=1S/C15H15Cl2N7/c1-18-13-3-2-9(7-19-13)8-20-14-22-15(24-23-14)21-12-5-10(16)4-11(17)6-12/h2-7H,8H2,1H3,(H,18,19)(H3,20,21,22,23,24). The molecule has 2 heterocycles. The molecule has 7 nitrogen and oxygen atoms in total. The third-order valence-electron chi connectivity index (χ3n) is 3.14. The molecule has 0 saturated carbocycles. The Morgan fingerprint density at radius 1 is 1.12 bits per heavy atom. The van der Waals surface area contributed by atoms with Crippen LogP contribution in [-0.2, 0) is 6.54 Å². The van der Waals surface area contributed by atoms with E-state index in [1.54, 1.807) is 24.4 Å². The van der Waals surface area contributed by atoms with Crippen LogP contribution in [0.4, 0.5) is 23.4 Å². The van der Waals surface area contributed by atoms with Crippen LogP contribution in [-0.4, -0.2) is 27.2 Å². The number of rotatable bonds is 6. The Bertz CT molecular complexity index is 797. The lowest BCUT2D eigenvalue weighted by Crippen LogP contribution is -2.02. The van der Waals surface area contributed by atoms with Crippen molar-refractivity contribution in [3.63, 3.8) is 0 Å². The highest BCUT2D eigenvalue weighted by atomic mass is 35.5. The van der Waals surface area contributed by atoms with Crippen molar-refractivity contribution in [3.05, 3.63) is 52.1 Å². The fraction of sp³-hybridized carbons (Fsp3) is 0.133. The Kier molecular flexibility index (Phi) is 5.02. The minimum atomic E-state index is 0.475. The molecule has 24 heavy (non-hydrogen) atoms. The van der Waals surface area contributed by atoms with E-state index in [0.29, 0.717) is 28.5 Å². The second kappa shape index (κ2) is 7.37. The SMILES string of the molecule is CNc1ccc(CNc2n[nH]c(Nc3cc(Cl)cc(Cl)c3)n2)cn1. The predicted molar refractivity (Wildman–Crippen MR) is 97.2 cm³/mol. The van der Waals surface area contributed by atoms with Crippen LogP contribution in [0.5, 0.6) is 0 Å². The van der Waals surface area contributed by atoms with Gasteiger partial charge in [-0.1, -0.05) is 29.3 Å². The van der Waals surface area contributed by atoms with E-state index >= 15 is 0 Å². The van der Waals surface area contributed by atoms with Crippen molar-refractivity contribution >= 4 is 46.6 Å². The Morgan fingerprint density at radius 2 is 1.92 bits per heavy atom. The molecule has 0 amide bonds. The molecule has 2 aromatic heterocycles. The third-order valence-corrected chi connectivity index (χ3v) is 3.58. The fourth-order valence-electron chi connectivity index (χ4n) is 2.02. The highest BCUT2D eigenvalue weighted by molar-refractivity contribution is 6.35. The van der Waals surface area contributed by atoms with E-state index < -0.39 is 0 Å². The van der Waals surface area contributed by atoms with Crippen molar-refractivity contribution in [2.75, 3.05) is 23.0 Å². The average Bonchev–Trinajstić information content (AvgIpc) is 3.00. The highest BCUT2D eigenvalue weighted by Crippen LogP contribution is 2.24. The number of pyridine rings is 1. The minimum absolute atomic E-state index is 0.475. The number of aromatic nitrogens is 4. The van der Waals surface area contributed by atoms with Crippen molar-refractivity contribution in [2.45, 2.75) is 6.54 Å². The summed E-state index contributed by atoms with van der Waals surface area (Å²) in [6, 6.07) is 9.04. The molecule has 0 aliphatic heterocycles. The van der Waals surface area contributed by atoms with Crippen LogP contribution in [0.15, 0.2) is 36.5 Å². The monoisotopic (exact) mass is 363 g/mol. The minimum Gasteiger partial charge on any atom is -0.373 e. The van der Waals surface area contributed by atoms with Crippen molar-refractivity contribution in [3.8, 4) is 0 Å².